The van der Waals surface area contributed by atoms with E-state index in [2.05, 4.69) is 9.88 Å². The number of benzene rings is 3. The minimum atomic E-state index is -3.91. The Labute approximate surface area is 210 Å². The second-order valence-corrected chi connectivity index (χ2v) is 10.1. The van der Waals surface area contributed by atoms with Gasteiger partial charge in [-0.1, -0.05) is 42.5 Å². The average molecular weight is 503 g/mol. The van der Waals surface area contributed by atoms with Gasteiger partial charge in [-0.15, -0.1) is 0 Å². The maximum Gasteiger partial charge on any atom is 0.253 e. The summed E-state index contributed by atoms with van der Waals surface area (Å²) in [7, 11) is -2.25. The van der Waals surface area contributed by atoms with Crippen LogP contribution in [0, 0.1) is 0 Å². The number of anilines is 1. The lowest BCUT2D eigenvalue weighted by atomic mass is 10.1. The summed E-state index contributed by atoms with van der Waals surface area (Å²) in [6.45, 7) is 2.66. The molecule has 0 saturated carbocycles. The number of primary sulfonamides is 1. The Balaban J connectivity index is 1.32. The lowest BCUT2D eigenvalue weighted by Gasteiger charge is -2.36. The molecule has 5 rings (SSSR count). The van der Waals surface area contributed by atoms with E-state index >= 15 is 0 Å². The van der Waals surface area contributed by atoms with E-state index in [-0.39, 0.29) is 10.8 Å². The van der Waals surface area contributed by atoms with Gasteiger partial charge in [-0.3, -0.25) is 4.79 Å². The molecule has 0 unspecified atom stereocenters. The molecule has 1 aliphatic rings. The van der Waals surface area contributed by atoms with Crippen molar-refractivity contribution in [2.75, 3.05) is 38.2 Å². The largest absolute Gasteiger partial charge is 0.495 e. The molecule has 8 nitrogen and oxygen atoms in total. The van der Waals surface area contributed by atoms with Gasteiger partial charge in [0.15, 0.2) is 0 Å². The van der Waals surface area contributed by atoms with Gasteiger partial charge in [0.05, 0.1) is 24.0 Å². The van der Waals surface area contributed by atoms with E-state index in [1.165, 1.54) is 6.07 Å². The van der Waals surface area contributed by atoms with Crippen LogP contribution in [0.4, 0.5) is 5.69 Å². The molecule has 184 valence electrons. The zero-order valence-corrected chi connectivity index (χ0v) is 20.6. The number of amides is 1. The first-order chi connectivity index (χ1) is 17.3. The van der Waals surface area contributed by atoms with E-state index < -0.39 is 10.0 Å². The van der Waals surface area contributed by atoms with Crippen LogP contribution in [0.2, 0.25) is 0 Å². The molecule has 0 spiro atoms. The van der Waals surface area contributed by atoms with E-state index in [1.807, 2.05) is 53.4 Å². The first-order valence-electron chi connectivity index (χ1n) is 11.6. The molecular weight excluding hydrogens is 476 g/mol. The van der Waals surface area contributed by atoms with Crippen LogP contribution in [0.15, 0.2) is 83.8 Å². The van der Waals surface area contributed by atoms with Crippen LogP contribution in [-0.2, 0) is 10.0 Å². The number of rotatable bonds is 5. The zero-order chi connectivity index (χ0) is 25.3. The molecule has 0 radical (unpaired) electrons. The van der Waals surface area contributed by atoms with Gasteiger partial charge in [-0.05, 0) is 36.4 Å². The minimum Gasteiger partial charge on any atom is -0.495 e. The third-order valence-electron chi connectivity index (χ3n) is 6.41. The predicted octanol–water partition coefficient (Wildman–Crippen LogP) is 3.52. The van der Waals surface area contributed by atoms with Gasteiger partial charge in [0.25, 0.3) is 5.91 Å². The highest BCUT2D eigenvalue weighted by Crippen LogP contribution is 2.29. The number of para-hydroxylation sites is 3. The van der Waals surface area contributed by atoms with Crippen molar-refractivity contribution >= 4 is 32.5 Å². The van der Waals surface area contributed by atoms with Crippen molar-refractivity contribution in [3.63, 3.8) is 0 Å². The fourth-order valence-electron chi connectivity index (χ4n) is 4.52. The second-order valence-electron chi connectivity index (χ2n) is 8.60. The van der Waals surface area contributed by atoms with Crippen LogP contribution in [-0.4, -0.2) is 57.5 Å². The van der Waals surface area contributed by atoms with Crippen molar-refractivity contribution in [2.45, 2.75) is 4.90 Å². The Morgan fingerprint density at radius 2 is 1.61 bits per heavy atom. The third-order valence-corrected chi connectivity index (χ3v) is 7.35. The standard InChI is InChI=1S/C27H26N4O4S/c1-35-24-7-3-2-6-23(24)30-15-17-31(18-16-30)27(32)21-11-9-19(10-12-21)22-14-13-20-5-4-8-25(26(20)29-22)36(28,33)34/h2-14H,15-18H2,1H3,(H2,28,33,34). The number of methoxy groups -OCH3 is 1. The number of hydrogen-bond donors (Lipinski definition) is 1. The Morgan fingerprint density at radius 3 is 2.31 bits per heavy atom. The molecule has 0 atom stereocenters. The monoisotopic (exact) mass is 502 g/mol. The molecule has 2 N–H and O–H groups in total. The minimum absolute atomic E-state index is 0.0130. The summed E-state index contributed by atoms with van der Waals surface area (Å²) < 4.78 is 29.4. The molecule has 1 amide bonds. The van der Waals surface area contributed by atoms with E-state index in [9.17, 15) is 13.2 Å². The maximum absolute atomic E-state index is 13.1. The number of sulfonamides is 1. The highest BCUT2D eigenvalue weighted by molar-refractivity contribution is 7.89. The van der Waals surface area contributed by atoms with Gasteiger partial charge < -0.3 is 14.5 Å². The van der Waals surface area contributed by atoms with Crippen LogP contribution in [0.3, 0.4) is 0 Å². The number of piperazine rings is 1. The molecule has 2 heterocycles. The molecule has 3 aromatic carbocycles. The van der Waals surface area contributed by atoms with Crippen LogP contribution in [0.1, 0.15) is 10.4 Å². The molecule has 1 fully saturated rings. The van der Waals surface area contributed by atoms with Crippen molar-refractivity contribution < 1.29 is 17.9 Å². The number of pyridine rings is 1. The number of carbonyl (C=O) groups excluding carboxylic acids is 1. The molecule has 0 bridgehead atoms. The van der Waals surface area contributed by atoms with E-state index in [4.69, 9.17) is 9.88 Å². The number of fused-ring (bicyclic) bond motifs is 1. The molecule has 9 heteroatoms. The second kappa shape index (κ2) is 9.60. The van der Waals surface area contributed by atoms with Crippen molar-refractivity contribution in [3.05, 3.63) is 84.4 Å². The van der Waals surface area contributed by atoms with Gasteiger partial charge in [-0.2, -0.15) is 0 Å². The van der Waals surface area contributed by atoms with E-state index in [0.717, 1.165) is 30.1 Å². The summed E-state index contributed by atoms with van der Waals surface area (Å²) in [5, 5.41) is 6.06. The topological polar surface area (TPSA) is 106 Å². The quantitative estimate of drug-likeness (QED) is 0.448. The van der Waals surface area contributed by atoms with Gasteiger partial charge in [0, 0.05) is 42.7 Å². The van der Waals surface area contributed by atoms with Crippen molar-refractivity contribution in [1.82, 2.24) is 9.88 Å². The van der Waals surface area contributed by atoms with Gasteiger partial charge in [-0.25, -0.2) is 18.5 Å². The molecular formula is C27H26N4O4S. The predicted molar refractivity (Wildman–Crippen MR) is 140 cm³/mol. The fraction of sp³-hybridized carbons (Fsp3) is 0.185. The molecule has 4 aromatic rings. The van der Waals surface area contributed by atoms with Crippen molar-refractivity contribution in [3.8, 4) is 17.0 Å². The summed E-state index contributed by atoms with van der Waals surface area (Å²) in [6.07, 6.45) is 0. The SMILES string of the molecule is COc1ccccc1N1CCN(C(=O)c2ccc(-c3ccc4cccc(S(N)(=O)=O)c4n3)cc2)CC1. The summed E-state index contributed by atoms with van der Waals surface area (Å²) in [5.74, 6) is 0.801. The third kappa shape index (κ3) is 4.62. The number of ether oxygens (including phenoxy) is 1. The van der Waals surface area contributed by atoms with Crippen molar-refractivity contribution in [1.29, 1.82) is 0 Å². The van der Waals surface area contributed by atoms with Gasteiger partial charge in [0.1, 0.15) is 10.6 Å². The molecule has 1 saturated heterocycles. The maximum atomic E-state index is 13.1. The first-order valence-corrected chi connectivity index (χ1v) is 13.1. The molecule has 1 aromatic heterocycles. The highest BCUT2D eigenvalue weighted by Gasteiger charge is 2.24. The summed E-state index contributed by atoms with van der Waals surface area (Å²) >= 11 is 0. The lowest BCUT2D eigenvalue weighted by molar-refractivity contribution is 0.0746. The van der Waals surface area contributed by atoms with Crippen LogP contribution in [0.25, 0.3) is 22.2 Å². The lowest BCUT2D eigenvalue weighted by Crippen LogP contribution is -2.48. The number of carbonyl (C=O) groups is 1. The average Bonchev–Trinajstić information content (AvgIpc) is 2.91. The Hall–Kier alpha value is -3.95. The smallest absolute Gasteiger partial charge is 0.253 e. The summed E-state index contributed by atoms with van der Waals surface area (Å²) in [6, 6.07) is 23.6. The molecule has 0 aliphatic carbocycles. The normalized spacial score (nSPS) is 14.2. The first kappa shape index (κ1) is 23.8. The Kier molecular flexibility index (Phi) is 6.34. The van der Waals surface area contributed by atoms with Crippen LogP contribution in [0.5, 0.6) is 5.75 Å². The zero-order valence-electron chi connectivity index (χ0n) is 19.8. The summed E-state index contributed by atoms with van der Waals surface area (Å²) in [4.78, 5) is 21.8. The van der Waals surface area contributed by atoms with Crippen molar-refractivity contribution in [2.24, 2.45) is 5.14 Å². The van der Waals surface area contributed by atoms with Crippen LogP contribution < -0.4 is 14.8 Å². The van der Waals surface area contributed by atoms with E-state index in [0.29, 0.717) is 35.2 Å². The van der Waals surface area contributed by atoms with Gasteiger partial charge >= 0.3 is 0 Å². The molecule has 36 heavy (non-hydrogen) atoms. The number of nitrogens with zero attached hydrogens (tertiary/aromatic N) is 3. The number of aromatic nitrogens is 1. The Morgan fingerprint density at radius 1 is 0.889 bits per heavy atom. The van der Waals surface area contributed by atoms with E-state index in [1.54, 1.807) is 31.4 Å². The number of hydrogen-bond acceptors (Lipinski definition) is 6. The Bertz CT molecular complexity index is 1530. The van der Waals surface area contributed by atoms with Gasteiger partial charge in [0.2, 0.25) is 10.0 Å². The molecule has 1 aliphatic heterocycles. The number of nitrogens with two attached hydrogens (primary N) is 1. The summed E-state index contributed by atoms with van der Waals surface area (Å²) in [5.41, 5.74) is 3.33. The fourth-order valence-corrected chi connectivity index (χ4v) is 5.22. The highest BCUT2D eigenvalue weighted by atomic mass is 32.2. The van der Waals surface area contributed by atoms with Crippen LogP contribution >= 0.6 is 0 Å².